The molecule has 0 atom stereocenters. The van der Waals surface area contributed by atoms with Gasteiger partial charge < -0.3 is 16.0 Å². The Morgan fingerprint density at radius 2 is 1.71 bits per heavy atom. The maximum absolute atomic E-state index is 13.2. The van der Waals surface area contributed by atoms with Crippen LogP contribution in [0.4, 0.5) is 11.4 Å². The van der Waals surface area contributed by atoms with Gasteiger partial charge in [0.15, 0.2) is 5.78 Å². The molecule has 158 valence electrons. The van der Waals surface area contributed by atoms with Crippen LogP contribution < -0.4 is 16.0 Å². The number of benzene rings is 3. The Balaban J connectivity index is 1.40. The van der Waals surface area contributed by atoms with Crippen LogP contribution in [0.3, 0.4) is 0 Å². The molecule has 4 heteroatoms. The van der Waals surface area contributed by atoms with E-state index in [1.54, 1.807) is 0 Å². The lowest BCUT2D eigenvalue weighted by atomic mass is 9.95. The van der Waals surface area contributed by atoms with Crippen LogP contribution in [-0.4, -0.2) is 32.0 Å². The summed E-state index contributed by atoms with van der Waals surface area (Å²) in [5.74, 6) is 0.731. The molecular weight excluding hydrogens is 382 g/mol. The minimum absolute atomic E-state index is 0.130. The molecule has 2 aliphatic rings. The summed E-state index contributed by atoms with van der Waals surface area (Å²) in [4.78, 5) is 15.7. The molecule has 5 rings (SSSR count). The molecule has 3 aromatic carbocycles. The highest BCUT2D eigenvalue weighted by molar-refractivity contribution is 5.99. The van der Waals surface area contributed by atoms with Gasteiger partial charge in [-0.05, 0) is 71.3 Å². The van der Waals surface area contributed by atoms with Crippen LogP contribution in [0.15, 0.2) is 66.7 Å². The monoisotopic (exact) mass is 411 g/mol. The van der Waals surface area contributed by atoms with Gasteiger partial charge in [-0.25, -0.2) is 0 Å². The summed E-state index contributed by atoms with van der Waals surface area (Å²) in [7, 11) is 0. The zero-order chi connectivity index (χ0) is 21.2. The summed E-state index contributed by atoms with van der Waals surface area (Å²) in [6.07, 6.45) is 2.77. The minimum atomic E-state index is 0.130. The average molecular weight is 412 g/mol. The van der Waals surface area contributed by atoms with Gasteiger partial charge in [0.2, 0.25) is 0 Å². The predicted octanol–water partition coefficient (Wildman–Crippen LogP) is 4.65. The summed E-state index contributed by atoms with van der Waals surface area (Å²) < 4.78 is 0. The van der Waals surface area contributed by atoms with Crippen molar-refractivity contribution in [2.45, 2.75) is 25.2 Å². The number of nitrogens with two attached hydrogens (primary N) is 1. The summed E-state index contributed by atoms with van der Waals surface area (Å²) in [5, 5.41) is 3.42. The fourth-order valence-corrected chi connectivity index (χ4v) is 4.49. The Morgan fingerprint density at radius 1 is 0.935 bits per heavy atom. The summed E-state index contributed by atoms with van der Waals surface area (Å²) in [6.45, 7) is 4.08. The first kappa shape index (κ1) is 19.8. The van der Waals surface area contributed by atoms with Crippen molar-refractivity contribution in [1.29, 1.82) is 0 Å². The molecule has 0 spiro atoms. The van der Waals surface area contributed by atoms with Gasteiger partial charge in [0.25, 0.3) is 0 Å². The number of hydrogen-bond acceptors (Lipinski definition) is 4. The lowest BCUT2D eigenvalue weighted by Gasteiger charge is -2.31. The number of carbonyl (C=O) groups is 1. The highest BCUT2D eigenvalue weighted by atomic mass is 16.1. The number of rotatable bonds is 6. The van der Waals surface area contributed by atoms with Gasteiger partial charge in [-0.1, -0.05) is 36.4 Å². The van der Waals surface area contributed by atoms with Crippen molar-refractivity contribution < 1.29 is 4.79 Å². The van der Waals surface area contributed by atoms with Crippen LogP contribution in [0.1, 0.15) is 40.2 Å². The largest absolute Gasteiger partial charge is 0.398 e. The predicted molar refractivity (Wildman–Crippen MR) is 128 cm³/mol. The Hall–Kier alpha value is -3.11. The molecule has 0 radical (unpaired) electrons. The van der Waals surface area contributed by atoms with Crippen molar-refractivity contribution in [3.05, 3.63) is 83.4 Å². The quantitative estimate of drug-likeness (QED) is 0.458. The Morgan fingerprint density at radius 3 is 2.45 bits per heavy atom. The van der Waals surface area contributed by atoms with E-state index in [1.165, 1.54) is 24.1 Å². The van der Waals surface area contributed by atoms with E-state index in [9.17, 15) is 4.79 Å². The first-order chi connectivity index (χ1) is 15.2. The Labute approximate surface area is 184 Å². The second kappa shape index (κ2) is 8.56. The van der Waals surface area contributed by atoms with E-state index in [0.29, 0.717) is 18.0 Å². The number of nitrogens with one attached hydrogen (secondary N) is 1. The Bertz CT molecular complexity index is 1080. The van der Waals surface area contributed by atoms with Gasteiger partial charge in [-0.15, -0.1) is 0 Å². The minimum Gasteiger partial charge on any atom is -0.398 e. The van der Waals surface area contributed by atoms with Gasteiger partial charge in [0.05, 0.1) is 0 Å². The van der Waals surface area contributed by atoms with Crippen molar-refractivity contribution >= 4 is 17.2 Å². The average Bonchev–Trinajstić information content (AvgIpc) is 3.67. The van der Waals surface area contributed by atoms with E-state index in [-0.39, 0.29) is 5.78 Å². The molecule has 3 N–H and O–H groups in total. The number of nitrogen functional groups attached to an aromatic ring is 1. The van der Waals surface area contributed by atoms with Crippen LogP contribution in [0.5, 0.6) is 0 Å². The van der Waals surface area contributed by atoms with Gasteiger partial charge in [0, 0.05) is 49.5 Å². The van der Waals surface area contributed by atoms with Crippen molar-refractivity contribution in [2.75, 3.05) is 36.8 Å². The molecule has 0 unspecified atom stereocenters. The molecule has 1 aliphatic carbocycles. The zero-order valence-corrected chi connectivity index (χ0v) is 17.8. The highest BCUT2D eigenvalue weighted by Gasteiger charge is 2.29. The maximum atomic E-state index is 13.2. The summed E-state index contributed by atoms with van der Waals surface area (Å²) in [6, 6.07) is 22.5. The molecule has 1 heterocycles. The first-order valence-electron chi connectivity index (χ1n) is 11.3. The van der Waals surface area contributed by atoms with Crippen LogP contribution >= 0.6 is 0 Å². The molecule has 0 bridgehead atoms. The number of Topliss-reactive ketones (excluding diaryl/α,β-unsaturated/α-hetero) is 1. The third kappa shape index (κ3) is 4.35. The first-order valence-corrected chi connectivity index (χ1v) is 11.3. The molecule has 3 aromatic rings. The molecule has 4 nitrogen and oxygen atoms in total. The third-order valence-corrected chi connectivity index (χ3v) is 6.43. The summed E-state index contributed by atoms with van der Waals surface area (Å²) >= 11 is 0. The van der Waals surface area contributed by atoms with Crippen LogP contribution in [0.25, 0.3) is 11.1 Å². The number of ketones is 1. The molecule has 0 amide bonds. The number of carbonyl (C=O) groups excluding carboxylic acids is 1. The van der Waals surface area contributed by atoms with Crippen molar-refractivity contribution in [2.24, 2.45) is 0 Å². The fraction of sp³-hybridized carbons (Fsp3) is 0.296. The van der Waals surface area contributed by atoms with Crippen molar-refractivity contribution in [3.63, 3.8) is 0 Å². The van der Waals surface area contributed by atoms with E-state index in [2.05, 4.69) is 40.5 Å². The molecule has 0 aromatic heterocycles. The van der Waals surface area contributed by atoms with Gasteiger partial charge in [-0.3, -0.25) is 4.79 Å². The van der Waals surface area contributed by atoms with Gasteiger partial charge in [0.1, 0.15) is 0 Å². The zero-order valence-electron chi connectivity index (χ0n) is 17.8. The molecule has 31 heavy (non-hydrogen) atoms. The molecule has 2 fully saturated rings. The topological polar surface area (TPSA) is 58.4 Å². The molecular formula is C27H29N3O. The fourth-order valence-electron chi connectivity index (χ4n) is 4.49. The van der Waals surface area contributed by atoms with Crippen molar-refractivity contribution in [1.82, 2.24) is 5.32 Å². The highest BCUT2D eigenvalue weighted by Crippen LogP contribution is 2.45. The normalized spacial score (nSPS) is 16.3. The SMILES string of the molecule is Nc1ccc(-c2ccccc2)cc1CC(=O)c1ccc(N2CCNCC2)c(C2CC2)c1. The second-order valence-electron chi connectivity index (χ2n) is 8.66. The summed E-state index contributed by atoms with van der Waals surface area (Å²) in [5.41, 5.74) is 13.5. The molecule has 1 aliphatic heterocycles. The van der Waals surface area contributed by atoms with E-state index in [1.807, 2.05) is 36.4 Å². The van der Waals surface area contributed by atoms with E-state index < -0.39 is 0 Å². The van der Waals surface area contributed by atoms with E-state index >= 15 is 0 Å². The van der Waals surface area contributed by atoms with E-state index in [4.69, 9.17) is 5.73 Å². The standard InChI is InChI=1S/C27H29N3O/c28-25-10-8-21(19-4-2-1-3-5-19)16-23(25)18-27(31)22-9-11-26(24(17-22)20-6-7-20)30-14-12-29-13-15-30/h1-5,8-11,16-17,20,29H,6-7,12-15,18,28H2. The Kier molecular flexibility index (Phi) is 5.47. The number of anilines is 2. The van der Waals surface area contributed by atoms with Crippen LogP contribution in [0, 0.1) is 0 Å². The van der Waals surface area contributed by atoms with Gasteiger partial charge >= 0.3 is 0 Å². The lowest BCUT2D eigenvalue weighted by molar-refractivity contribution is 0.0993. The lowest BCUT2D eigenvalue weighted by Crippen LogP contribution is -2.43. The van der Waals surface area contributed by atoms with E-state index in [0.717, 1.165) is 48.4 Å². The molecule has 1 saturated carbocycles. The van der Waals surface area contributed by atoms with Crippen LogP contribution in [0.2, 0.25) is 0 Å². The van der Waals surface area contributed by atoms with Crippen molar-refractivity contribution in [3.8, 4) is 11.1 Å². The smallest absolute Gasteiger partial charge is 0.167 e. The second-order valence-corrected chi connectivity index (χ2v) is 8.66. The molecule has 1 saturated heterocycles. The number of hydrogen-bond donors (Lipinski definition) is 2. The number of nitrogens with zero attached hydrogens (tertiary/aromatic N) is 1. The van der Waals surface area contributed by atoms with Crippen LogP contribution in [-0.2, 0) is 6.42 Å². The number of piperazine rings is 1. The third-order valence-electron chi connectivity index (χ3n) is 6.43. The maximum Gasteiger partial charge on any atom is 0.167 e. The van der Waals surface area contributed by atoms with Gasteiger partial charge in [-0.2, -0.15) is 0 Å².